The first-order valence-electron chi connectivity index (χ1n) is 8.90. The number of aromatic nitrogens is 2. The van der Waals surface area contributed by atoms with Crippen molar-refractivity contribution in [2.45, 2.75) is 6.54 Å². The third-order valence-electron chi connectivity index (χ3n) is 4.55. The van der Waals surface area contributed by atoms with Crippen LogP contribution in [0.3, 0.4) is 0 Å². The van der Waals surface area contributed by atoms with Crippen LogP contribution in [0.5, 0.6) is 0 Å². The molecule has 2 aromatic heterocycles. The van der Waals surface area contributed by atoms with Gasteiger partial charge in [0.1, 0.15) is 0 Å². The van der Waals surface area contributed by atoms with Gasteiger partial charge in [-0.15, -0.1) is 0 Å². The normalized spacial score (nSPS) is 14.3. The topological polar surface area (TPSA) is 75.9 Å². The van der Waals surface area contributed by atoms with Crippen molar-refractivity contribution >= 4 is 17.3 Å². The average molecular weight is 364 g/mol. The van der Waals surface area contributed by atoms with Gasteiger partial charge in [-0.3, -0.25) is 14.0 Å². The van der Waals surface area contributed by atoms with Gasteiger partial charge in [0.15, 0.2) is 5.69 Å². The first-order valence-corrected chi connectivity index (χ1v) is 8.90. The van der Waals surface area contributed by atoms with Crippen molar-refractivity contribution in [3.63, 3.8) is 0 Å². The summed E-state index contributed by atoms with van der Waals surface area (Å²) in [5.74, 6) is -0.248. The number of amides is 2. The maximum Gasteiger partial charge on any atom is 0.290 e. The van der Waals surface area contributed by atoms with Gasteiger partial charge in [0.2, 0.25) is 5.82 Å². The summed E-state index contributed by atoms with van der Waals surface area (Å²) in [6.45, 7) is 2.48. The number of benzene rings is 1. The van der Waals surface area contributed by atoms with Crippen LogP contribution >= 0.6 is 0 Å². The van der Waals surface area contributed by atoms with Crippen LogP contribution in [0.1, 0.15) is 26.7 Å². The lowest BCUT2D eigenvalue weighted by Crippen LogP contribution is -2.41. The summed E-state index contributed by atoms with van der Waals surface area (Å²) >= 11 is 0. The Morgan fingerprint density at radius 3 is 2.56 bits per heavy atom. The summed E-state index contributed by atoms with van der Waals surface area (Å²) in [7, 11) is 0. The number of hydrogen-bond acceptors (Lipinski definition) is 4. The number of rotatable bonds is 4. The van der Waals surface area contributed by atoms with Crippen molar-refractivity contribution in [2.75, 3.05) is 26.3 Å². The maximum atomic E-state index is 12.9. The molecule has 0 bridgehead atoms. The molecule has 3 heterocycles. The number of fused-ring (bicyclic) bond motifs is 1. The highest BCUT2D eigenvalue weighted by atomic mass is 16.5. The Labute approximate surface area is 156 Å². The molecule has 138 valence electrons. The van der Waals surface area contributed by atoms with Crippen molar-refractivity contribution in [3.05, 3.63) is 71.8 Å². The van der Waals surface area contributed by atoms with Gasteiger partial charge in [-0.25, -0.2) is 4.98 Å². The zero-order valence-corrected chi connectivity index (χ0v) is 14.8. The number of carbonyl (C=O) groups excluding carboxylic acids is 2. The van der Waals surface area contributed by atoms with Gasteiger partial charge in [-0.2, -0.15) is 0 Å². The summed E-state index contributed by atoms with van der Waals surface area (Å²) in [6, 6.07) is 15.1. The van der Waals surface area contributed by atoms with E-state index in [1.54, 1.807) is 21.6 Å². The van der Waals surface area contributed by atoms with Crippen molar-refractivity contribution in [1.82, 2.24) is 19.6 Å². The molecule has 1 saturated heterocycles. The average Bonchev–Trinajstić information content (AvgIpc) is 3.13. The van der Waals surface area contributed by atoms with Crippen molar-refractivity contribution in [2.24, 2.45) is 0 Å². The molecule has 1 aromatic carbocycles. The quantitative estimate of drug-likeness (QED) is 0.765. The summed E-state index contributed by atoms with van der Waals surface area (Å²) in [5.41, 5.74) is 1.86. The van der Waals surface area contributed by atoms with E-state index in [0.29, 0.717) is 38.4 Å². The Hall–Kier alpha value is -3.19. The Balaban J connectivity index is 1.61. The fraction of sp³-hybridized carbons (Fsp3) is 0.250. The van der Waals surface area contributed by atoms with Crippen LogP contribution in [0.15, 0.2) is 54.7 Å². The lowest BCUT2D eigenvalue weighted by molar-refractivity contribution is 0.0294. The minimum absolute atomic E-state index is 0.193. The first-order chi connectivity index (χ1) is 13.2. The molecule has 0 spiro atoms. The number of carbonyl (C=O) groups is 2. The fourth-order valence-electron chi connectivity index (χ4n) is 3.13. The number of nitrogens with zero attached hydrogens (tertiary/aromatic N) is 3. The van der Waals surface area contributed by atoms with E-state index in [2.05, 4.69) is 10.3 Å². The molecule has 0 atom stereocenters. The standard InChI is InChI=1S/C20H20N4O3/c25-19(21-14-15-6-2-1-3-7-15)17-16-8-4-5-9-24(16)18(22-17)20(26)23-10-12-27-13-11-23/h1-9H,10-14H2,(H,21,25). The van der Waals surface area contributed by atoms with Crippen LogP contribution in [0.25, 0.3) is 5.52 Å². The second-order valence-corrected chi connectivity index (χ2v) is 6.31. The number of morpholine rings is 1. The Kier molecular flexibility index (Phi) is 4.84. The molecule has 0 aliphatic carbocycles. The van der Waals surface area contributed by atoms with E-state index in [1.165, 1.54) is 0 Å². The van der Waals surface area contributed by atoms with Gasteiger partial charge in [0.25, 0.3) is 11.8 Å². The molecule has 1 N–H and O–H groups in total. The third-order valence-corrected chi connectivity index (χ3v) is 4.55. The lowest BCUT2D eigenvalue weighted by Gasteiger charge is -2.26. The van der Waals surface area contributed by atoms with Gasteiger partial charge in [-0.05, 0) is 17.7 Å². The number of hydrogen-bond donors (Lipinski definition) is 1. The van der Waals surface area contributed by atoms with Crippen LogP contribution in [0.4, 0.5) is 0 Å². The van der Waals surface area contributed by atoms with Gasteiger partial charge in [0.05, 0.1) is 18.7 Å². The molecule has 1 aliphatic heterocycles. The zero-order valence-electron chi connectivity index (χ0n) is 14.8. The molecule has 7 nitrogen and oxygen atoms in total. The van der Waals surface area contributed by atoms with E-state index in [4.69, 9.17) is 4.74 Å². The summed E-state index contributed by atoms with van der Waals surface area (Å²) in [5, 5.41) is 2.88. The summed E-state index contributed by atoms with van der Waals surface area (Å²) in [4.78, 5) is 31.7. The SMILES string of the molecule is O=C(NCc1ccccc1)c1nc(C(=O)N2CCOCC2)n2ccccc12. The number of nitrogens with one attached hydrogen (secondary N) is 1. The molecule has 0 radical (unpaired) electrons. The van der Waals surface area contributed by atoms with E-state index >= 15 is 0 Å². The van der Waals surface area contributed by atoms with E-state index in [1.807, 2.05) is 42.5 Å². The summed E-state index contributed by atoms with van der Waals surface area (Å²) in [6.07, 6.45) is 1.75. The Morgan fingerprint density at radius 1 is 1.04 bits per heavy atom. The van der Waals surface area contributed by atoms with Gasteiger partial charge in [-0.1, -0.05) is 36.4 Å². The molecule has 0 unspecified atom stereocenters. The lowest BCUT2D eigenvalue weighted by atomic mass is 10.2. The minimum atomic E-state index is -0.302. The Morgan fingerprint density at radius 2 is 1.78 bits per heavy atom. The van der Waals surface area contributed by atoms with E-state index < -0.39 is 0 Å². The molecular weight excluding hydrogens is 344 g/mol. The second kappa shape index (κ2) is 7.59. The van der Waals surface area contributed by atoms with E-state index in [9.17, 15) is 9.59 Å². The van der Waals surface area contributed by atoms with Gasteiger partial charge in [0, 0.05) is 25.8 Å². The Bertz CT molecular complexity index is 962. The van der Waals surface area contributed by atoms with Crippen LogP contribution in [-0.4, -0.2) is 52.4 Å². The van der Waals surface area contributed by atoms with Crippen molar-refractivity contribution in [3.8, 4) is 0 Å². The predicted octanol–water partition coefficient (Wildman–Crippen LogP) is 1.74. The highest BCUT2D eigenvalue weighted by Crippen LogP contribution is 2.16. The second-order valence-electron chi connectivity index (χ2n) is 6.31. The first kappa shape index (κ1) is 17.2. The number of ether oxygens (including phenoxy) is 1. The molecule has 0 saturated carbocycles. The minimum Gasteiger partial charge on any atom is -0.378 e. The molecule has 3 aromatic rings. The molecule has 27 heavy (non-hydrogen) atoms. The highest BCUT2D eigenvalue weighted by Gasteiger charge is 2.26. The van der Waals surface area contributed by atoms with Crippen LogP contribution in [0.2, 0.25) is 0 Å². The maximum absolute atomic E-state index is 12.9. The number of imidazole rings is 1. The molecule has 4 rings (SSSR count). The molecule has 1 fully saturated rings. The predicted molar refractivity (Wildman–Crippen MR) is 99.5 cm³/mol. The molecular formula is C20H20N4O3. The van der Waals surface area contributed by atoms with E-state index in [0.717, 1.165) is 5.56 Å². The van der Waals surface area contributed by atoms with Crippen molar-refractivity contribution < 1.29 is 14.3 Å². The molecule has 1 aliphatic rings. The molecule has 2 amide bonds. The van der Waals surface area contributed by atoms with Crippen LogP contribution in [-0.2, 0) is 11.3 Å². The highest BCUT2D eigenvalue weighted by molar-refractivity contribution is 6.02. The summed E-state index contributed by atoms with van der Waals surface area (Å²) < 4.78 is 6.98. The molecule has 7 heteroatoms. The zero-order chi connectivity index (χ0) is 18.6. The van der Waals surface area contributed by atoms with Crippen LogP contribution < -0.4 is 5.32 Å². The van der Waals surface area contributed by atoms with E-state index in [-0.39, 0.29) is 23.3 Å². The van der Waals surface area contributed by atoms with Gasteiger partial charge >= 0.3 is 0 Å². The smallest absolute Gasteiger partial charge is 0.290 e. The fourth-order valence-corrected chi connectivity index (χ4v) is 3.13. The third kappa shape index (κ3) is 3.54. The monoisotopic (exact) mass is 364 g/mol. The van der Waals surface area contributed by atoms with Crippen LogP contribution in [0, 0.1) is 0 Å². The largest absolute Gasteiger partial charge is 0.378 e. The van der Waals surface area contributed by atoms with Crippen molar-refractivity contribution in [1.29, 1.82) is 0 Å². The van der Waals surface area contributed by atoms with Gasteiger partial charge < -0.3 is 15.0 Å². The number of pyridine rings is 1.